The SMILES string of the molecule is CCC(O)(CC)CN1CCN(c2nccs2)CC1. The number of β-amino-alcohol motifs (C(OH)–C–C–N with tert-alkyl or cyclic N) is 1. The third-order valence-electron chi connectivity index (χ3n) is 3.90. The summed E-state index contributed by atoms with van der Waals surface area (Å²) < 4.78 is 0. The summed E-state index contributed by atoms with van der Waals surface area (Å²) >= 11 is 1.70. The number of piperazine rings is 1. The van der Waals surface area contributed by atoms with Crippen LogP contribution >= 0.6 is 11.3 Å². The number of hydrogen-bond acceptors (Lipinski definition) is 5. The monoisotopic (exact) mass is 269 g/mol. The van der Waals surface area contributed by atoms with E-state index < -0.39 is 5.60 Å². The van der Waals surface area contributed by atoms with Crippen LogP contribution in [-0.4, -0.2) is 53.3 Å². The molecule has 0 bridgehead atoms. The number of thiazole rings is 1. The zero-order valence-electron chi connectivity index (χ0n) is 11.3. The number of rotatable bonds is 5. The lowest BCUT2D eigenvalue weighted by Gasteiger charge is -2.38. The molecule has 0 amide bonds. The van der Waals surface area contributed by atoms with Crippen molar-refractivity contribution in [2.24, 2.45) is 0 Å². The van der Waals surface area contributed by atoms with Crippen molar-refractivity contribution in [3.8, 4) is 0 Å². The Kier molecular flexibility index (Phi) is 4.59. The summed E-state index contributed by atoms with van der Waals surface area (Å²) in [5.41, 5.74) is -0.511. The summed E-state index contributed by atoms with van der Waals surface area (Å²) in [6.07, 6.45) is 3.52. The van der Waals surface area contributed by atoms with Gasteiger partial charge in [-0.2, -0.15) is 0 Å². The van der Waals surface area contributed by atoms with Gasteiger partial charge in [0.1, 0.15) is 0 Å². The molecule has 1 N–H and O–H groups in total. The summed E-state index contributed by atoms with van der Waals surface area (Å²) in [5.74, 6) is 0. The van der Waals surface area contributed by atoms with Crippen molar-refractivity contribution in [1.29, 1.82) is 0 Å². The van der Waals surface area contributed by atoms with E-state index in [1.807, 2.05) is 11.6 Å². The van der Waals surface area contributed by atoms with Crippen molar-refractivity contribution in [1.82, 2.24) is 9.88 Å². The second-order valence-electron chi connectivity index (χ2n) is 5.01. The van der Waals surface area contributed by atoms with Crippen LogP contribution in [0, 0.1) is 0 Å². The van der Waals surface area contributed by atoms with Crippen LogP contribution in [0.25, 0.3) is 0 Å². The highest BCUT2D eigenvalue weighted by Crippen LogP contribution is 2.21. The minimum Gasteiger partial charge on any atom is -0.389 e. The Balaban J connectivity index is 1.83. The molecule has 0 spiro atoms. The van der Waals surface area contributed by atoms with E-state index >= 15 is 0 Å². The van der Waals surface area contributed by atoms with Crippen LogP contribution in [-0.2, 0) is 0 Å². The summed E-state index contributed by atoms with van der Waals surface area (Å²) in [5, 5.41) is 13.5. The second kappa shape index (κ2) is 5.99. The smallest absolute Gasteiger partial charge is 0.185 e. The van der Waals surface area contributed by atoms with Crippen LogP contribution in [0.2, 0.25) is 0 Å². The van der Waals surface area contributed by atoms with E-state index in [2.05, 4.69) is 28.6 Å². The van der Waals surface area contributed by atoms with Gasteiger partial charge in [-0.15, -0.1) is 11.3 Å². The van der Waals surface area contributed by atoms with Gasteiger partial charge in [-0.05, 0) is 12.8 Å². The minimum absolute atomic E-state index is 0.511. The normalized spacial score (nSPS) is 18.3. The van der Waals surface area contributed by atoms with Crippen LogP contribution in [0.15, 0.2) is 11.6 Å². The predicted molar refractivity (Wildman–Crippen MR) is 76.3 cm³/mol. The number of anilines is 1. The van der Waals surface area contributed by atoms with Crippen molar-refractivity contribution < 1.29 is 5.11 Å². The molecule has 1 aromatic rings. The van der Waals surface area contributed by atoms with Gasteiger partial charge in [0.25, 0.3) is 0 Å². The fraction of sp³-hybridized carbons (Fsp3) is 0.769. The van der Waals surface area contributed by atoms with E-state index in [1.165, 1.54) is 0 Å². The standard InChI is InChI=1S/C13H23N3OS/c1-3-13(17,4-2)11-15-6-8-16(9-7-15)12-14-5-10-18-12/h5,10,17H,3-4,6-9,11H2,1-2H3. The minimum atomic E-state index is -0.511. The summed E-state index contributed by atoms with van der Waals surface area (Å²) in [6, 6.07) is 0. The van der Waals surface area contributed by atoms with E-state index in [0.29, 0.717) is 0 Å². The summed E-state index contributed by atoms with van der Waals surface area (Å²) in [7, 11) is 0. The molecular formula is C13H23N3OS. The van der Waals surface area contributed by atoms with Crippen LogP contribution in [0.1, 0.15) is 26.7 Å². The fourth-order valence-electron chi connectivity index (χ4n) is 2.36. The van der Waals surface area contributed by atoms with Gasteiger partial charge in [-0.3, -0.25) is 4.90 Å². The highest BCUT2D eigenvalue weighted by Gasteiger charge is 2.28. The number of aromatic nitrogens is 1. The van der Waals surface area contributed by atoms with E-state index in [-0.39, 0.29) is 0 Å². The molecular weight excluding hydrogens is 246 g/mol. The van der Waals surface area contributed by atoms with Gasteiger partial charge in [0, 0.05) is 44.3 Å². The quantitative estimate of drug-likeness (QED) is 0.885. The molecule has 4 nitrogen and oxygen atoms in total. The van der Waals surface area contributed by atoms with Crippen molar-refractivity contribution in [3.05, 3.63) is 11.6 Å². The molecule has 0 radical (unpaired) electrons. The molecule has 0 unspecified atom stereocenters. The van der Waals surface area contributed by atoms with Crippen molar-refractivity contribution in [2.75, 3.05) is 37.6 Å². The molecule has 2 heterocycles. The lowest BCUT2D eigenvalue weighted by Crippen LogP contribution is -2.51. The van der Waals surface area contributed by atoms with Gasteiger partial charge in [0.15, 0.2) is 5.13 Å². The van der Waals surface area contributed by atoms with E-state index in [1.54, 1.807) is 11.3 Å². The molecule has 1 fully saturated rings. The Hall–Kier alpha value is -0.650. The molecule has 1 aliphatic heterocycles. The number of hydrogen-bond donors (Lipinski definition) is 1. The van der Waals surface area contributed by atoms with Crippen molar-refractivity contribution in [2.45, 2.75) is 32.3 Å². The van der Waals surface area contributed by atoms with Crippen LogP contribution < -0.4 is 4.90 Å². The maximum Gasteiger partial charge on any atom is 0.185 e. The van der Waals surface area contributed by atoms with Gasteiger partial charge >= 0.3 is 0 Å². The molecule has 18 heavy (non-hydrogen) atoms. The fourth-order valence-corrected chi connectivity index (χ4v) is 3.06. The van der Waals surface area contributed by atoms with Crippen LogP contribution in [0.3, 0.4) is 0 Å². The van der Waals surface area contributed by atoms with Gasteiger partial charge in [-0.25, -0.2) is 4.98 Å². The van der Waals surface area contributed by atoms with Crippen molar-refractivity contribution in [3.63, 3.8) is 0 Å². The molecule has 0 aliphatic carbocycles. The van der Waals surface area contributed by atoms with Crippen LogP contribution in [0.4, 0.5) is 5.13 Å². The molecule has 0 aromatic carbocycles. The lowest BCUT2D eigenvalue weighted by molar-refractivity contribution is -0.00455. The zero-order chi connectivity index (χ0) is 13.0. The highest BCUT2D eigenvalue weighted by molar-refractivity contribution is 7.13. The first kappa shape index (κ1) is 13.8. The van der Waals surface area contributed by atoms with Crippen LogP contribution in [0.5, 0.6) is 0 Å². The number of aliphatic hydroxyl groups is 1. The third kappa shape index (κ3) is 3.22. The first-order chi connectivity index (χ1) is 8.67. The Bertz CT molecular complexity index is 343. The molecule has 5 heteroatoms. The molecule has 1 aliphatic rings. The molecule has 1 saturated heterocycles. The molecule has 2 rings (SSSR count). The average molecular weight is 269 g/mol. The molecule has 1 aromatic heterocycles. The first-order valence-corrected chi connectivity index (χ1v) is 7.64. The number of nitrogens with zero attached hydrogens (tertiary/aromatic N) is 3. The Morgan fingerprint density at radius 1 is 1.28 bits per heavy atom. The maximum absolute atomic E-state index is 10.4. The Labute approximate surface area is 113 Å². The van der Waals surface area contributed by atoms with Gasteiger partial charge in [0.2, 0.25) is 0 Å². The third-order valence-corrected chi connectivity index (χ3v) is 4.73. The molecule has 0 saturated carbocycles. The summed E-state index contributed by atoms with van der Waals surface area (Å²) in [4.78, 5) is 9.05. The maximum atomic E-state index is 10.4. The van der Waals surface area contributed by atoms with Gasteiger partial charge in [0.05, 0.1) is 5.60 Å². The largest absolute Gasteiger partial charge is 0.389 e. The Morgan fingerprint density at radius 3 is 2.44 bits per heavy atom. The average Bonchev–Trinajstić information content (AvgIpc) is 2.93. The van der Waals surface area contributed by atoms with Crippen molar-refractivity contribution >= 4 is 16.5 Å². The second-order valence-corrected chi connectivity index (χ2v) is 5.88. The Morgan fingerprint density at radius 2 is 1.94 bits per heavy atom. The van der Waals surface area contributed by atoms with E-state index in [0.717, 1.165) is 50.7 Å². The van der Waals surface area contributed by atoms with Gasteiger partial charge < -0.3 is 10.0 Å². The lowest BCUT2D eigenvalue weighted by atomic mass is 9.96. The zero-order valence-corrected chi connectivity index (χ0v) is 12.1. The molecule has 0 atom stereocenters. The van der Waals surface area contributed by atoms with Gasteiger partial charge in [-0.1, -0.05) is 13.8 Å². The predicted octanol–water partition coefficient (Wildman–Crippen LogP) is 1.82. The summed E-state index contributed by atoms with van der Waals surface area (Å²) in [6.45, 7) is 8.98. The topological polar surface area (TPSA) is 39.6 Å². The highest BCUT2D eigenvalue weighted by atomic mass is 32.1. The first-order valence-electron chi connectivity index (χ1n) is 6.76. The molecule has 102 valence electrons. The van der Waals surface area contributed by atoms with E-state index in [4.69, 9.17) is 0 Å². The van der Waals surface area contributed by atoms with E-state index in [9.17, 15) is 5.11 Å².